The third-order valence-corrected chi connectivity index (χ3v) is 5.11. The molecule has 2 aliphatic rings. The molecule has 0 aliphatic carbocycles. The van der Waals surface area contributed by atoms with E-state index in [1.165, 1.54) is 15.6 Å². The molecule has 0 bridgehead atoms. The van der Waals surface area contributed by atoms with Gasteiger partial charge in [0.2, 0.25) is 5.91 Å². The largest absolute Gasteiger partial charge is 0.329 e. The molecule has 2 N–H and O–H groups in total. The van der Waals surface area contributed by atoms with Gasteiger partial charge in [-0.2, -0.15) is 5.10 Å². The van der Waals surface area contributed by atoms with Gasteiger partial charge in [-0.1, -0.05) is 13.8 Å². The minimum absolute atomic E-state index is 0.0539. The van der Waals surface area contributed by atoms with Gasteiger partial charge in [-0.3, -0.25) is 19.7 Å². The number of rotatable bonds is 2. The molecule has 3 amide bonds. The van der Waals surface area contributed by atoms with Crippen molar-refractivity contribution < 1.29 is 22.8 Å². The van der Waals surface area contributed by atoms with Gasteiger partial charge in [-0.05, 0) is 30.7 Å². The molecule has 0 radical (unpaired) electrons. The predicted molar refractivity (Wildman–Crippen MR) is 103 cm³/mol. The minimum atomic E-state index is -3.05. The van der Waals surface area contributed by atoms with Crippen LogP contribution in [0.5, 0.6) is 0 Å². The fourth-order valence-electron chi connectivity index (χ4n) is 3.73. The molecular weight excluding hydrogens is 387 g/mol. The second-order valence-corrected chi connectivity index (χ2v) is 6.87. The monoisotopic (exact) mass is 411 g/mol. The molecular formula is C19H24F3N5O2. The highest BCUT2D eigenvalue weighted by Gasteiger charge is 2.44. The van der Waals surface area contributed by atoms with Gasteiger partial charge in [0, 0.05) is 25.4 Å². The van der Waals surface area contributed by atoms with E-state index < -0.39 is 36.1 Å². The Morgan fingerprint density at radius 2 is 1.97 bits per heavy atom. The van der Waals surface area contributed by atoms with E-state index >= 15 is 0 Å². The predicted octanol–water partition coefficient (Wildman–Crippen LogP) is 2.90. The third-order valence-electron chi connectivity index (χ3n) is 5.11. The average molecular weight is 411 g/mol. The molecule has 2 aromatic rings. The number of piperidine rings is 1. The number of hydrogen-bond donors (Lipinski definition) is 2. The van der Waals surface area contributed by atoms with Crippen molar-refractivity contribution in [2.45, 2.75) is 38.5 Å². The fourth-order valence-corrected chi connectivity index (χ4v) is 3.73. The number of anilines is 1. The third kappa shape index (κ3) is 3.81. The summed E-state index contributed by atoms with van der Waals surface area (Å²) in [6.45, 7) is 4.01. The summed E-state index contributed by atoms with van der Waals surface area (Å²) in [6.07, 6.45) is 0.225. The number of carbonyl (C=O) groups excluding carboxylic acids is 2. The van der Waals surface area contributed by atoms with E-state index in [9.17, 15) is 22.8 Å². The highest BCUT2D eigenvalue weighted by molar-refractivity contribution is 6.08. The van der Waals surface area contributed by atoms with Crippen molar-refractivity contribution in [3.8, 4) is 0 Å². The van der Waals surface area contributed by atoms with Gasteiger partial charge in [-0.15, -0.1) is 0 Å². The van der Waals surface area contributed by atoms with Crippen LogP contribution in [0, 0.1) is 5.82 Å². The Morgan fingerprint density at radius 1 is 1.24 bits per heavy atom. The Labute approximate surface area is 166 Å². The quantitative estimate of drug-likeness (QED) is 0.797. The number of benzene rings is 1. The zero-order valence-electron chi connectivity index (χ0n) is 16.6. The molecule has 1 aromatic carbocycles. The van der Waals surface area contributed by atoms with Crippen LogP contribution in [-0.2, 0) is 11.8 Å². The van der Waals surface area contributed by atoms with E-state index in [1.807, 2.05) is 13.8 Å². The van der Waals surface area contributed by atoms with E-state index in [4.69, 9.17) is 0 Å². The van der Waals surface area contributed by atoms with Crippen molar-refractivity contribution in [1.29, 1.82) is 0 Å². The number of imide groups is 1. The fraction of sp³-hybridized carbons (Fsp3) is 0.526. The maximum atomic E-state index is 14.8. The SMILES string of the molecule is CC.Cn1nc(N2CCC(=O)NC2=O)c2cc(F)c(C3CCNCC3(F)F)cc21. The van der Waals surface area contributed by atoms with Crippen LogP contribution in [0.4, 0.5) is 23.8 Å². The molecule has 0 spiro atoms. The molecule has 0 saturated carbocycles. The van der Waals surface area contributed by atoms with Crippen molar-refractivity contribution in [1.82, 2.24) is 20.4 Å². The van der Waals surface area contributed by atoms with Crippen molar-refractivity contribution in [3.63, 3.8) is 0 Å². The van der Waals surface area contributed by atoms with Gasteiger partial charge in [0.25, 0.3) is 5.92 Å². The molecule has 7 nitrogen and oxygen atoms in total. The molecule has 1 unspecified atom stereocenters. The Morgan fingerprint density at radius 3 is 2.62 bits per heavy atom. The zero-order valence-corrected chi connectivity index (χ0v) is 16.6. The lowest BCUT2D eigenvalue weighted by Gasteiger charge is -2.32. The number of fused-ring (bicyclic) bond motifs is 1. The molecule has 1 atom stereocenters. The lowest BCUT2D eigenvalue weighted by atomic mass is 9.86. The number of amides is 3. The summed E-state index contributed by atoms with van der Waals surface area (Å²) >= 11 is 0. The lowest BCUT2D eigenvalue weighted by molar-refractivity contribution is -0.120. The Hall–Kier alpha value is -2.62. The maximum Gasteiger partial charge on any atom is 0.329 e. The lowest BCUT2D eigenvalue weighted by Crippen LogP contribution is -2.49. The van der Waals surface area contributed by atoms with E-state index in [2.05, 4.69) is 15.7 Å². The van der Waals surface area contributed by atoms with Gasteiger partial charge in [0.1, 0.15) is 5.82 Å². The van der Waals surface area contributed by atoms with E-state index in [1.54, 1.807) is 7.05 Å². The van der Waals surface area contributed by atoms with Crippen LogP contribution < -0.4 is 15.5 Å². The zero-order chi connectivity index (χ0) is 21.3. The van der Waals surface area contributed by atoms with Crippen LogP contribution in [0.2, 0.25) is 0 Å². The molecule has 158 valence electrons. The molecule has 2 saturated heterocycles. The van der Waals surface area contributed by atoms with E-state index in [-0.39, 0.29) is 30.8 Å². The molecule has 2 aliphatic heterocycles. The highest BCUT2D eigenvalue weighted by atomic mass is 19.3. The summed E-state index contributed by atoms with van der Waals surface area (Å²) in [6, 6.07) is 1.90. The van der Waals surface area contributed by atoms with Crippen LogP contribution in [-0.4, -0.2) is 47.3 Å². The summed E-state index contributed by atoms with van der Waals surface area (Å²) in [4.78, 5) is 24.7. The number of urea groups is 1. The van der Waals surface area contributed by atoms with Gasteiger partial charge in [0.15, 0.2) is 5.82 Å². The number of hydrogen-bond acceptors (Lipinski definition) is 4. The topological polar surface area (TPSA) is 79.3 Å². The van der Waals surface area contributed by atoms with Gasteiger partial charge in [0.05, 0.1) is 18.0 Å². The Balaban J connectivity index is 0.00000117. The van der Waals surface area contributed by atoms with Gasteiger partial charge in [-0.25, -0.2) is 18.0 Å². The molecule has 4 rings (SSSR count). The van der Waals surface area contributed by atoms with Crippen LogP contribution in [0.15, 0.2) is 12.1 Å². The second-order valence-electron chi connectivity index (χ2n) is 6.87. The summed E-state index contributed by atoms with van der Waals surface area (Å²) in [7, 11) is 1.60. The van der Waals surface area contributed by atoms with Crippen molar-refractivity contribution in [3.05, 3.63) is 23.5 Å². The number of nitrogens with one attached hydrogen (secondary N) is 2. The molecule has 29 heavy (non-hydrogen) atoms. The molecule has 2 fully saturated rings. The van der Waals surface area contributed by atoms with E-state index in [0.717, 1.165) is 6.07 Å². The smallest absolute Gasteiger partial charge is 0.311 e. The number of alkyl halides is 2. The standard InChI is InChI=1S/C17H18F3N5O2.C2H6/c1-24-13-7-9(11-2-4-21-8-17(11,19)20)12(18)6-10(13)15(23-24)25-5-3-14(26)22-16(25)27;1-2/h6-7,11,21H,2-5,8H2,1H3,(H,22,26,27);1-2H3. The van der Waals surface area contributed by atoms with Crippen molar-refractivity contribution >= 4 is 28.7 Å². The number of aromatic nitrogens is 2. The first-order valence-corrected chi connectivity index (χ1v) is 9.64. The van der Waals surface area contributed by atoms with Gasteiger partial charge < -0.3 is 5.32 Å². The molecule has 10 heteroatoms. The second kappa shape index (κ2) is 8.02. The average Bonchev–Trinajstić information content (AvgIpc) is 2.98. The minimum Gasteiger partial charge on any atom is -0.311 e. The summed E-state index contributed by atoms with van der Waals surface area (Å²) in [5, 5.41) is 9.41. The first-order valence-electron chi connectivity index (χ1n) is 9.64. The van der Waals surface area contributed by atoms with Crippen LogP contribution >= 0.6 is 0 Å². The van der Waals surface area contributed by atoms with Crippen LogP contribution in [0.1, 0.15) is 38.2 Å². The molecule has 1 aromatic heterocycles. The highest BCUT2D eigenvalue weighted by Crippen LogP contribution is 2.41. The summed E-state index contributed by atoms with van der Waals surface area (Å²) in [5.74, 6) is -5.23. The van der Waals surface area contributed by atoms with Crippen LogP contribution in [0.3, 0.4) is 0 Å². The summed E-state index contributed by atoms with van der Waals surface area (Å²) in [5.41, 5.74) is 0.391. The molecule has 3 heterocycles. The maximum absolute atomic E-state index is 14.8. The number of carbonyl (C=O) groups is 2. The normalized spacial score (nSPS) is 21.6. The Kier molecular flexibility index (Phi) is 5.83. The van der Waals surface area contributed by atoms with Crippen molar-refractivity contribution in [2.24, 2.45) is 7.05 Å². The first-order chi connectivity index (χ1) is 13.8. The summed E-state index contributed by atoms with van der Waals surface area (Å²) < 4.78 is 44.8. The number of nitrogens with zero attached hydrogens (tertiary/aromatic N) is 3. The first kappa shape index (κ1) is 21.1. The van der Waals surface area contributed by atoms with E-state index in [0.29, 0.717) is 17.4 Å². The number of aryl methyl sites for hydroxylation is 1. The van der Waals surface area contributed by atoms with Crippen LogP contribution in [0.25, 0.3) is 10.9 Å². The van der Waals surface area contributed by atoms with Gasteiger partial charge >= 0.3 is 6.03 Å². The number of halogens is 3. The van der Waals surface area contributed by atoms with Crippen molar-refractivity contribution in [2.75, 3.05) is 24.5 Å². The Bertz CT molecular complexity index is 944.